The van der Waals surface area contributed by atoms with Gasteiger partial charge in [-0.1, -0.05) is 41.4 Å². The minimum atomic E-state index is -0.126. The molecular formula is C18H18Cl2N2O2. The van der Waals surface area contributed by atoms with Crippen molar-refractivity contribution in [2.45, 2.75) is 19.9 Å². The van der Waals surface area contributed by atoms with Crippen LogP contribution in [-0.4, -0.2) is 23.8 Å². The highest BCUT2D eigenvalue weighted by atomic mass is 35.5. The van der Waals surface area contributed by atoms with Crippen LogP contribution in [0.1, 0.15) is 18.1 Å². The summed E-state index contributed by atoms with van der Waals surface area (Å²) in [5.74, 6) is -0.147. The molecule has 0 heterocycles. The summed E-state index contributed by atoms with van der Waals surface area (Å²) in [5, 5.41) is 3.80. The summed E-state index contributed by atoms with van der Waals surface area (Å²) in [6.07, 6.45) is 0.280. The topological polar surface area (TPSA) is 49.4 Å². The van der Waals surface area contributed by atoms with Gasteiger partial charge in [-0.2, -0.15) is 0 Å². The number of benzene rings is 2. The number of carbonyl (C=O) groups excluding carboxylic acids is 2. The standard InChI is InChI=1S/C18H18Cl2N2O2/c1-12(23)21-16-7-3-13(4-8-16)9-18(24)22(2)11-14-5-6-15(19)10-17(14)20/h3-8,10H,9,11H2,1-2H3,(H,21,23). The lowest BCUT2D eigenvalue weighted by molar-refractivity contribution is -0.129. The highest BCUT2D eigenvalue weighted by molar-refractivity contribution is 6.35. The molecule has 126 valence electrons. The molecule has 0 aliphatic heterocycles. The van der Waals surface area contributed by atoms with Crippen molar-refractivity contribution >= 4 is 40.7 Å². The average Bonchev–Trinajstić information content (AvgIpc) is 2.51. The van der Waals surface area contributed by atoms with E-state index in [1.54, 1.807) is 36.2 Å². The van der Waals surface area contributed by atoms with Crippen LogP contribution in [0.25, 0.3) is 0 Å². The molecule has 0 atom stereocenters. The monoisotopic (exact) mass is 364 g/mol. The molecule has 0 spiro atoms. The molecule has 0 bridgehead atoms. The summed E-state index contributed by atoms with van der Waals surface area (Å²) in [4.78, 5) is 25.0. The zero-order valence-corrected chi connectivity index (χ0v) is 15.0. The summed E-state index contributed by atoms with van der Waals surface area (Å²) in [7, 11) is 1.74. The molecule has 0 radical (unpaired) electrons. The van der Waals surface area contributed by atoms with Gasteiger partial charge in [-0.3, -0.25) is 9.59 Å². The van der Waals surface area contributed by atoms with Gasteiger partial charge in [0.1, 0.15) is 0 Å². The van der Waals surface area contributed by atoms with Crippen molar-refractivity contribution in [3.63, 3.8) is 0 Å². The SMILES string of the molecule is CC(=O)Nc1ccc(CC(=O)N(C)Cc2ccc(Cl)cc2Cl)cc1. The minimum absolute atomic E-state index is 0.0201. The van der Waals surface area contributed by atoms with E-state index in [1.807, 2.05) is 18.2 Å². The van der Waals surface area contributed by atoms with Crippen LogP contribution in [0.3, 0.4) is 0 Å². The van der Waals surface area contributed by atoms with E-state index in [1.165, 1.54) is 6.92 Å². The lowest BCUT2D eigenvalue weighted by Gasteiger charge is -2.18. The van der Waals surface area contributed by atoms with Gasteiger partial charge in [0.25, 0.3) is 0 Å². The quantitative estimate of drug-likeness (QED) is 0.865. The average molecular weight is 365 g/mol. The van der Waals surface area contributed by atoms with Crippen molar-refractivity contribution in [1.29, 1.82) is 0 Å². The Morgan fingerprint density at radius 1 is 1.08 bits per heavy atom. The number of hydrogen-bond acceptors (Lipinski definition) is 2. The normalized spacial score (nSPS) is 10.3. The largest absolute Gasteiger partial charge is 0.341 e. The van der Waals surface area contributed by atoms with Crippen molar-refractivity contribution in [2.24, 2.45) is 0 Å². The molecule has 2 rings (SSSR count). The Kier molecular flexibility index (Phi) is 6.23. The van der Waals surface area contributed by atoms with Gasteiger partial charge < -0.3 is 10.2 Å². The molecule has 0 saturated carbocycles. The molecule has 1 N–H and O–H groups in total. The summed E-state index contributed by atoms with van der Waals surface area (Å²) in [5.41, 5.74) is 2.43. The number of carbonyl (C=O) groups is 2. The number of rotatable bonds is 5. The number of likely N-dealkylation sites (N-methyl/N-ethyl adjacent to an activating group) is 1. The molecule has 2 aromatic carbocycles. The van der Waals surface area contributed by atoms with Gasteiger partial charge in [0.15, 0.2) is 0 Å². The second-order valence-corrected chi connectivity index (χ2v) is 6.38. The number of amides is 2. The zero-order valence-electron chi connectivity index (χ0n) is 13.5. The first-order valence-electron chi connectivity index (χ1n) is 7.39. The molecule has 4 nitrogen and oxygen atoms in total. The van der Waals surface area contributed by atoms with Crippen LogP contribution in [0.2, 0.25) is 10.0 Å². The van der Waals surface area contributed by atoms with Crippen LogP contribution in [0.5, 0.6) is 0 Å². The molecule has 2 aromatic rings. The fourth-order valence-corrected chi connectivity index (χ4v) is 2.68. The Hall–Kier alpha value is -2.04. The van der Waals surface area contributed by atoms with Crippen molar-refractivity contribution in [1.82, 2.24) is 4.90 Å². The Labute approximate surface area is 151 Å². The Morgan fingerprint density at radius 2 is 1.75 bits per heavy atom. The lowest BCUT2D eigenvalue weighted by Crippen LogP contribution is -2.27. The van der Waals surface area contributed by atoms with E-state index in [2.05, 4.69) is 5.32 Å². The van der Waals surface area contributed by atoms with Crippen LogP contribution in [0.4, 0.5) is 5.69 Å². The van der Waals surface area contributed by atoms with E-state index in [0.29, 0.717) is 22.3 Å². The maximum Gasteiger partial charge on any atom is 0.227 e. The van der Waals surface area contributed by atoms with Gasteiger partial charge >= 0.3 is 0 Å². The van der Waals surface area contributed by atoms with Gasteiger partial charge in [0, 0.05) is 36.2 Å². The van der Waals surface area contributed by atoms with Crippen molar-refractivity contribution in [3.8, 4) is 0 Å². The van der Waals surface area contributed by atoms with E-state index >= 15 is 0 Å². The first kappa shape index (κ1) is 18.3. The lowest BCUT2D eigenvalue weighted by atomic mass is 10.1. The van der Waals surface area contributed by atoms with Crippen LogP contribution in [0, 0.1) is 0 Å². The number of nitrogens with zero attached hydrogens (tertiary/aromatic N) is 1. The third-order valence-corrected chi connectivity index (χ3v) is 4.06. The van der Waals surface area contributed by atoms with Gasteiger partial charge in [-0.25, -0.2) is 0 Å². The Morgan fingerprint density at radius 3 is 2.33 bits per heavy atom. The smallest absolute Gasteiger partial charge is 0.227 e. The number of nitrogens with one attached hydrogen (secondary N) is 1. The van der Waals surface area contributed by atoms with Crippen LogP contribution in [0.15, 0.2) is 42.5 Å². The molecule has 0 aromatic heterocycles. The molecule has 0 saturated heterocycles. The number of halogens is 2. The first-order chi connectivity index (χ1) is 11.3. The van der Waals surface area contributed by atoms with Gasteiger partial charge in [0.2, 0.25) is 11.8 Å². The number of hydrogen-bond donors (Lipinski definition) is 1. The molecule has 6 heteroatoms. The van der Waals surface area contributed by atoms with Crippen LogP contribution >= 0.6 is 23.2 Å². The molecule has 0 aliphatic rings. The zero-order chi connectivity index (χ0) is 17.7. The summed E-state index contributed by atoms with van der Waals surface area (Å²) >= 11 is 12.0. The second-order valence-electron chi connectivity index (χ2n) is 5.54. The summed E-state index contributed by atoms with van der Waals surface area (Å²) in [6, 6.07) is 12.4. The number of anilines is 1. The minimum Gasteiger partial charge on any atom is -0.341 e. The predicted octanol–water partition coefficient (Wildman–Crippen LogP) is 4.15. The highest BCUT2D eigenvalue weighted by Crippen LogP contribution is 2.22. The molecule has 2 amide bonds. The van der Waals surface area contributed by atoms with Gasteiger partial charge in [-0.05, 0) is 35.4 Å². The van der Waals surface area contributed by atoms with Gasteiger partial charge in [-0.15, -0.1) is 0 Å². The van der Waals surface area contributed by atoms with Crippen LogP contribution in [-0.2, 0) is 22.6 Å². The fraction of sp³-hybridized carbons (Fsp3) is 0.222. The van der Waals surface area contributed by atoms with E-state index in [0.717, 1.165) is 11.1 Å². The molecule has 0 unspecified atom stereocenters. The molecule has 0 fully saturated rings. The summed E-state index contributed by atoms with van der Waals surface area (Å²) in [6.45, 7) is 1.87. The molecule has 24 heavy (non-hydrogen) atoms. The third-order valence-electron chi connectivity index (χ3n) is 3.48. The third kappa shape index (κ3) is 5.25. The van der Waals surface area contributed by atoms with Gasteiger partial charge in [0.05, 0.1) is 6.42 Å². The maximum atomic E-state index is 12.3. The predicted molar refractivity (Wildman–Crippen MR) is 97.4 cm³/mol. The maximum absolute atomic E-state index is 12.3. The van der Waals surface area contributed by atoms with E-state index in [4.69, 9.17) is 23.2 Å². The van der Waals surface area contributed by atoms with E-state index < -0.39 is 0 Å². The Balaban J connectivity index is 1.97. The summed E-state index contributed by atoms with van der Waals surface area (Å²) < 4.78 is 0. The van der Waals surface area contributed by atoms with Crippen molar-refractivity contribution in [2.75, 3.05) is 12.4 Å². The van der Waals surface area contributed by atoms with Crippen LogP contribution < -0.4 is 5.32 Å². The van der Waals surface area contributed by atoms with E-state index in [-0.39, 0.29) is 18.2 Å². The fourth-order valence-electron chi connectivity index (χ4n) is 2.21. The Bertz CT molecular complexity index is 745. The van der Waals surface area contributed by atoms with E-state index in [9.17, 15) is 9.59 Å². The first-order valence-corrected chi connectivity index (χ1v) is 8.15. The van der Waals surface area contributed by atoms with Crippen molar-refractivity contribution < 1.29 is 9.59 Å². The second kappa shape index (κ2) is 8.18. The molecule has 0 aliphatic carbocycles. The molecular weight excluding hydrogens is 347 g/mol. The highest BCUT2D eigenvalue weighted by Gasteiger charge is 2.12. The van der Waals surface area contributed by atoms with Crippen molar-refractivity contribution in [3.05, 3.63) is 63.6 Å².